The van der Waals surface area contributed by atoms with Crippen molar-refractivity contribution < 1.29 is 23.9 Å². The maximum absolute atomic E-state index is 13.0. The molecule has 0 radical (unpaired) electrons. The zero-order chi connectivity index (χ0) is 24.1. The van der Waals surface area contributed by atoms with Crippen molar-refractivity contribution in [3.05, 3.63) is 0 Å². The van der Waals surface area contributed by atoms with E-state index in [9.17, 15) is 19.2 Å². The zero-order valence-corrected chi connectivity index (χ0v) is 20.6. The maximum atomic E-state index is 13.0. The van der Waals surface area contributed by atoms with Crippen LogP contribution in [0.3, 0.4) is 0 Å². The van der Waals surface area contributed by atoms with Gasteiger partial charge in [0.1, 0.15) is 12.1 Å². The average molecular weight is 452 g/mol. The first-order valence-corrected chi connectivity index (χ1v) is 11.9. The minimum absolute atomic E-state index is 0.00558. The van der Waals surface area contributed by atoms with Gasteiger partial charge in [-0.25, -0.2) is 4.79 Å². The van der Waals surface area contributed by atoms with Gasteiger partial charge in [0.05, 0.1) is 0 Å². The average Bonchev–Trinajstić information content (AvgIpc) is 2.89. The van der Waals surface area contributed by atoms with Crippen LogP contribution in [0.25, 0.3) is 0 Å². The summed E-state index contributed by atoms with van der Waals surface area (Å²) in [5, 5.41) is 5.62. The number of nitrogens with one attached hydrogen (secondary N) is 2. The van der Waals surface area contributed by atoms with Crippen molar-refractivity contribution in [2.75, 3.05) is 13.2 Å². The van der Waals surface area contributed by atoms with Gasteiger partial charge in [0, 0.05) is 6.04 Å². The third-order valence-electron chi connectivity index (χ3n) is 6.79. The van der Waals surface area contributed by atoms with Crippen LogP contribution in [0.4, 0.5) is 4.79 Å². The second-order valence-electron chi connectivity index (χ2n) is 11.0. The summed E-state index contributed by atoms with van der Waals surface area (Å²) in [6, 6.07) is -0.571. The highest BCUT2D eigenvalue weighted by Gasteiger charge is 2.53. The lowest BCUT2D eigenvalue weighted by atomic mass is 9.67. The van der Waals surface area contributed by atoms with Crippen molar-refractivity contribution in [2.45, 2.75) is 98.1 Å². The Morgan fingerprint density at radius 2 is 1.78 bits per heavy atom. The van der Waals surface area contributed by atoms with Gasteiger partial charge in [0.25, 0.3) is 11.8 Å². The molecule has 0 aromatic carbocycles. The summed E-state index contributed by atoms with van der Waals surface area (Å²) in [5.41, 5.74) is -0.759. The van der Waals surface area contributed by atoms with E-state index in [1.807, 2.05) is 6.92 Å². The van der Waals surface area contributed by atoms with E-state index >= 15 is 0 Å². The Labute approximate surface area is 192 Å². The molecule has 0 bridgehead atoms. The molecule has 1 aliphatic heterocycles. The summed E-state index contributed by atoms with van der Waals surface area (Å²) >= 11 is 0. The Morgan fingerprint density at radius 3 is 2.34 bits per heavy atom. The molecule has 182 valence electrons. The molecule has 0 aromatic heterocycles. The lowest BCUT2D eigenvalue weighted by Crippen LogP contribution is -2.50. The first kappa shape index (κ1) is 26.1. The van der Waals surface area contributed by atoms with Gasteiger partial charge in [-0.15, -0.1) is 0 Å². The number of imide groups is 1. The Balaban J connectivity index is 1.78. The fourth-order valence-corrected chi connectivity index (χ4v) is 4.68. The summed E-state index contributed by atoms with van der Waals surface area (Å²) in [6.07, 6.45) is 5.82. The predicted molar refractivity (Wildman–Crippen MR) is 122 cm³/mol. The van der Waals surface area contributed by atoms with E-state index in [-0.39, 0.29) is 23.3 Å². The van der Waals surface area contributed by atoms with E-state index in [2.05, 4.69) is 45.3 Å². The highest BCUT2D eigenvalue weighted by atomic mass is 16.5. The second-order valence-corrected chi connectivity index (χ2v) is 11.0. The van der Waals surface area contributed by atoms with Crippen molar-refractivity contribution in [1.82, 2.24) is 15.5 Å². The highest BCUT2D eigenvalue weighted by molar-refractivity contribution is 6.08. The molecule has 0 aromatic rings. The van der Waals surface area contributed by atoms with Crippen molar-refractivity contribution in [3.63, 3.8) is 0 Å². The van der Waals surface area contributed by atoms with Crippen LogP contribution in [0.2, 0.25) is 0 Å². The lowest BCUT2D eigenvalue weighted by molar-refractivity contribution is -0.151. The molecule has 1 saturated carbocycles. The number of nitrogens with zero attached hydrogens (tertiary/aromatic N) is 1. The molecule has 2 rings (SSSR count). The van der Waals surface area contributed by atoms with Crippen LogP contribution < -0.4 is 10.6 Å². The molecule has 1 atom stereocenters. The molecule has 32 heavy (non-hydrogen) atoms. The van der Waals surface area contributed by atoms with E-state index in [1.165, 1.54) is 0 Å². The number of carbonyl (C=O) groups is 4. The molecular formula is C24H41N3O5. The highest BCUT2D eigenvalue weighted by Crippen LogP contribution is 2.43. The van der Waals surface area contributed by atoms with Crippen LogP contribution >= 0.6 is 0 Å². The lowest BCUT2D eigenvalue weighted by Gasteiger charge is -2.40. The Bertz CT molecular complexity index is 705. The van der Waals surface area contributed by atoms with Gasteiger partial charge in [-0.3, -0.25) is 19.3 Å². The van der Waals surface area contributed by atoms with Gasteiger partial charge < -0.3 is 15.4 Å². The maximum Gasteiger partial charge on any atom is 0.326 e. The fraction of sp³-hybridized carbons (Fsp3) is 0.833. The quantitative estimate of drug-likeness (QED) is 0.413. The van der Waals surface area contributed by atoms with Gasteiger partial charge in [0.15, 0.2) is 6.61 Å². The molecule has 2 fully saturated rings. The SMILES string of the molecule is CC(C)CCCC(C)NC(=O)COC(=O)CN1C(=O)NC2(CCC(C(C)(C)C)CC2)C1=O. The fourth-order valence-electron chi connectivity index (χ4n) is 4.68. The molecule has 1 spiro atoms. The van der Waals surface area contributed by atoms with Gasteiger partial charge >= 0.3 is 12.0 Å². The van der Waals surface area contributed by atoms with Gasteiger partial charge in [0.2, 0.25) is 0 Å². The standard InChI is InChI=1S/C24H41N3O5/c1-16(2)8-7-9-17(3)25-19(28)15-32-20(29)14-27-21(30)24(26-22(27)31)12-10-18(11-13-24)23(4,5)6/h16-18H,7-15H2,1-6H3,(H,25,28)(H,26,31). The Morgan fingerprint density at radius 1 is 1.16 bits per heavy atom. The number of carbonyl (C=O) groups excluding carboxylic acids is 4. The van der Waals surface area contributed by atoms with E-state index in [4.69, 9.17) is 4.74 Å². The third-order valence-corrected chi connectivity index (χ3v) is 6.79. The van der Waals surface area contributed by atoms with Crippen LogP contribution in [0.5, 0.6) is 0 Å². The van der Waals surface area contributed by atoms with Gasteiger partial charge in [-0.1, -0.05) is 47.5 Å². The van der Waals surface area contributed by atoms with Crippen molar-refractivity contribution in [3.8, 4) is 0 Å². The zero-order valence-electron chi connectivity index (χ0n) is 20.6. The number of ether oxygens (including phenoxy) is 1. The molecule has 1 saturated heterocycles. The van der Waals surface area contributed by atoms with E-state index in [0.29, 0.717) is 24.7 Å². The van der Waals surface area contributed by atoms with Gasteiger partial charge in [-0.2, -0.15) is 0 Å². The van der Waals surface area contributed by atoms with E-state index in [1.54, 1.807) is 0 Å². The summed E-state index contributed by atoms with van der Waals surface area (Å²) in [6.45, 7) is 11.9. The third kappa shape index (κ3) is 6.94. The predicted octanol–water partition coefficient (Wildman–Crippen LogP) is 3.39. The number of esters is 1. The number of rotatable bonds is 9. The summed E-state index contributed by atoms with van der Waals surface area (Å²) < 4.78 is 5.02. The summed E-state index contributed by atoms with van der Waals surface area (Å²) in [5.74, 6) is -0.406. The number of hydrogen-bond donors (Lipinski definition) is 2. The van der Waals surface area contributed by atoms with E-state index < -0.39 is 30.7 Å². The summed E-state index contributed by atoms with van der Waals surface area (Å²) in [7, 11) is 0. The van der Waals surface area contributed by atoms with Crippen LogP contribution in [0.1, 0.15) is 86.5 Å². The molecule has 8 heteroatoms. The van der Waals surface area contributed by atoms with Crippen molar-refractivity contribution >= 4 is 23.8 Å². The normalized spacial score (nSPS) is 24.6. The number of urea groups is 1. The van der Waals surface area contributed by atoms with Crippen LogP contribution in [0.15, 0.2) is 0 Å². The number of hydrogen-bond acceptors (Lipinski definition) is 5. The monoisotopic (exact) mass is 451 g/mol. The minimum atomic E-state index is -0.915. The largest absolute Gasteiger partial charge is 0.454 e. The molecular weight excluding hydrogens is 410 g/mol. The molecule has 2 aliphatic rings. The minimum Gasteiger partial charge on any atom is -0.454 e. The first-order chi connectivity index (χ1) is 14.8. The van der Waals surface area contributed by atoms with Gasteiger partial charge in [-0.05, 0) is 56.3 Å². The molecule has 4 amide bonds. The van der Waals surface area contributed by atoms with Crippen LogP contribution in [0, 0.1) is 17.3 Å². The Kier molecular flexibility index (Phi) is 8.71. The Hall–Kier alpha value is -2.12. The number of amides is 4. The smallest absolute Gasteiger partial charge is 0.326 e. The first-order valence-electron chi connectivity index (χ1n) is 11.9. The second kappa shape index (κ2) is 10.7. The topological polar surface area (TPSA) is 105 Å². The van der Waals surface area contributed by atoms with Crippen LogP contribution in [-0.2, 0) is 19.1 Å². The molecule has 8 nitrogen and oxygen atoms in total. The van der Waals surface area contributed by atoms with Crippen molar-refractivity contribution in [1.29, 1.82) is 0 Å². The molecule has 2 N–H and O–H groups in total. The summed E-state index contributed by atoms with van der Waals surface area (Å²) in [4.78, 5) is 50.5. The molecule has 1 aliphatic carbocycles. The molecule has 1 unspecified atom stereocenters. The molecule has 1 heterocycles. The van der Waals surface area contributed by atoms with E-state index in [0.717, 1.165) is 37.0 Å². The van der Waals surface area contributed by atoms with Crippen LogP contribution in [-0.4, -0.2) is 53.4 Å². The van der Waals surface area contributed by atoms with Crippen molar-refractivity contribution in [2.24, 2.45) is 17.3 Å².